The van der Waals surface area contributed by atoms with Crippen LogP contribution < -0.4 is 14.2 Å². The standard InChI is InChI=1S/C45H30N4O6S/c50-56(51,52)36-24-20-33(21-25-36)54-35-23-27-40-38(29-35)37-28-34(53-32-16-8-3-9-17-32)22-26-39(37)49(40)41-18-10-11-19-42(41)55-45-47-43(30-12-4-1-5-13-30)46-44(48-45)31-14-6-2-7-15-31/h1-29H,(H,50,51,52). The second-order valence-corrected chi connectivity index (χ2v) is 14.1. The van der Waals surface area contributed by atoms with E-state index in [0.717, 1.165) is 38.6 Å². The minimum absolute atomic E-state index is 0.139. The molecule has 9 aromatic rings. The van der Waals surface area contributed by atoms with Crippen LogP contribution in [0.1, 0.15) is 0 Å². The maximum Gasteiger partial charge on any atom is 0.326 e. The Balaban J connectivity index is 1.16. The molecule has 10 nitrogen and oxygen atoms in total. The van der Waals surface area contributed by atoms with Crippen LogP contribution in [0.2, 0.25) is 0 Å². The molecular formula is C45H30N4O6S. The summed E-state index contributed by atoms with van der Waals surface area (Å²) in [4.78, 5) is 14.1. The van der Waals surface area contributed by atoms with Gasteiger partial charge in [-0.25, -0.2) is 4.98 Å². The lowest BCUT2D eigenvalue weighted by Gasteiger charge is -2.15. The highest BCUT2D eigenvalue weighted by Crippen LogP contribution is 2.40. The van der Waals surface area contributed by atoms with Crippen molar-refractivity contribution in [3.63, 3.8) is 0 Å². The van der Waals surface area contributed by atoms with Crippen molar-refractivity contribution in [3.8, 4) is 63.2 Å². The molecule has 0 fully saturated rings. The van der Waals surface area contributed by atoms with Crippen molar-refractivity contribution in [3.05, 3.63) is 176 Å². The lowest BCUT2D eigenvalue weighted by atomic mass is 10.1. The topological polar surface area (TPSA) is 126 Å². The Kier molecular flexibility index (Phi) is 8.90. The van der Waals surface area contributed by atoms with Crippen LogP contribution in [0.4, 0.5) is 0 Å². The van der Waals surface area contributed by atoms with E-state index in [1.54, 1.807) is 0 Å². The minimum Gasteiger partial charge on any atom is -0.457 e. The number of para-hydroxylation sites is 3. The molecule has 0 radical (unpaired) electrons. The van der Waals surface area contributed by atoms with Gasteiger partial charge in [0, 0.05) is 21.9 Å². The molecule has 1 N–H and O–H groups in total. The molecule has 11 heteroatoms. The lowest BCUT2D eigenvalue weighted by molar-refractivity contribution is 0.439. The van der Waals surface area contributed by atoms with Gasteiger partial charge < -0.3 is 18.8 Å². The largest absolute Gasteiger partial charge is 0.457 e. The molecule has 2 aromatic heterocycles. The van der Waals surface area contributed by atoms with Gasteiger partial charge in [-0.1, -0.05) is 91.0 Å². The van der Waals surface area contributed by atoms with Crippen molar-refractivity contribution in [2.24, 2.45) is 0 Å². The molecule has 0 bridgehead atoms. The number of benzene rings is 7. The van der Waals surface area contributed by atoms with Gasteiger partial charge in [-0.15, -0.1) is 0 Å². The van der Waals surface area contributed by atoms with Crippen LogP contribution >= 0.6 is 0 Å². The van der Waals surface area contributed by atoms with Crippen LogP contribution in [0.5, 0.6) is 34.8 Å². The fraction of sp³-hybridized carbons (Fsp3) is 0. The second-order valence-electron chi connectivity index (χ2n) is 12.7. The second kappa shape index (κ2) is 14.5. The highest BCUT2D eigenvalue weighted by molar-refractivity contribution is 7.85. The van der Waals surface area contributed by atoms with Gasteiger partial charge in [-0.2, -0.15) is 18.4 Å². The van der Waals surface area contributed by atoms with E-state index in [-0.39, 0.29) is 10.9 Å². The quantitative estimate of drug-likeness (QED) is 0.136. The van der Waals surface area contributed by atoms with E-state index in [4.69, 9.17) is 29.2 Å². The van der Waals surface area contributed by atoms with Crippen LogP contribution in [0.3, 0.4) is 0 Å². The normalized spacial score (nSPS) is 11.4. The molecule has 0 amide bonds. The van der Waals surface area contributed by atoms with Crippen LogP contribution in [-0.4, -0.2) is 32.5 Å². The summed E-state index contributed by atoms with van der Waals surface area (Å²) in [5.41, 5.74) is 4.12. The summed E-state index contributed by atoms with van der Waals surface area (Å²) < 4.78 is 53.7. The molecule has 0 aliphatic rings. The molecular weight excluding hydrogens is 725 g/mol. The lowest BCUT2D eigenvalue weighted by Crippen LogP contribution is -2.03. The molecule has 9 rings (SSSR count). The Morgan fingerprint density at radius 2 is 0.929 bits per heavy atom. The summed E-state index contributed by atoms with van der Waals surface area (Å²) >= 11 is 0. The zero-order chi connectivity index (χ0) is 38.1. The third kappa shape index (κ3) is 7.03. The highest BCUT2D eigenvalue weighted by Gasteiger charge is 2.20. The highest BCUT2D eigenvalue weighted by atomic mass is 32.2. The predicted octanol–water partition coefficient (Wildman–Crippen LogP) is 10.9. The van der Waals surface area contributed by atoms with Gasteiger partial charge >= 0.3 is 6.01 Å². The first-order valence-electron chi connectivity index (χ1n) is 17.6. The Morgan fingerprint density at radius 3 is 1.46 bits per heavy atom. The Bertz CT molecular complexity index is 2900. The number of aromatic nitrogens is 4. The van der Waals surface area contributed by atoms with Crippen molar-refractivity contribution in [1.82, 2.24) is 19.5 Å². The fourth-order valence-corrected chi connectivity index (χ4v) is 6.95. The third-order valence-corrected chi connectivity index (χ3v) is 9.90. The first-order chi connectivity index (χ1) is 27.4. The van der Waals surface area contributed by atoms with Crippen molar-refractivity contribution in [1.29, 1.82) is 0 Å². The van der Waals surface area contributed by atoms with Gasteiger partial charge in [-0.05, 0) is 84.9 Å². The SMILES string of the molecule is O=S(=O)(O)c1ccc(Oc2ccc3c(c2)c2cc(Oc4ccccc4)ccc2n3-c2ccccc2Oc2nc(-c3ccccc3)nc(-c3ccccc3)n2)cc1. The zero-order valence-corrected chi connectivity index (χ0v) is 30.2. The number of fused-ring (bicyclic) bond motifs is 3. The van der Waals surface area contributed by atoms with Crippen molar-refractivity contribution in [2.45, 2.75) is 4.90 Å². The molecule has 0 unspecified atom stereocenters. The first kappa shape index (κ1) is 34.4. The Hall–Kier alpha value is -7.34. The van der Waals surface area contributed by atoms with Crippen LogP contribution in [0, 0.1) is 0 Å². The van der Waals surface area contributed by atoms with Crippen molar-refractivity contribution >= 4 is 31.9 Å². The minimum atomic E-state index is -4.34. The summed E-state index contributed by atoms with van der Waals surface area (Å²) in [6.07, 6.45) is 0. The molecule has 0 aliphatic heterocycles. The van der Waals surface area contributed by atoms with E-state index in [0.29, 0.717) is 40.4 Å². The molecule has 0 aliphatic carbocycles. The Labute approximate surface area is 321 Å². The summed E-state index contributed by atoms with van der Waals surface area (Å²) in [5, 5.41) is 1.74. The van der Waals surface area contributed by atoms with E-state index >= 15 is 0 Å². The van der Waals surface area contributed by atoms with Gasteiger partial charge in [0.15, 0.2) is 17.4 Å². The van der Waals surface area contributed by atoms with Crippen molar-refractivity contribution < 1.29 is 27.2 Å². The van der Waals surface area contributed by atoms with E-state index < -0.39 is 10.1 Å². The average Bonchev–Trinajstić information content (AvgIpc) is 3.54. The van der Waals surface area contributed by atoms with E-state index in [2.05, 4.69) is 4.57 Å². The molecule has 0 spiro atoms. The van der Waals surface area contributed by atoms with Crippen LogP contribution in [0.15, 0.2) is 181 Å². The summed E-state index contributed by atoms with van der Waals surface area (Å²) in [6, 6.07) is 54.0. The van der Waals surface area contributed by atoms with E-state index in [1.165, 1.54) is 24.3 Å². The van der Waals surface area contributed by atoms with Crippen LogP contribution in [-0.2, 0) is 10.1 Å². The summed E-state index contributed by atoms with van der Waals surface area (Å²) in [5.74, 6) is 3.74. The molecule has 0 saturated carbocycles. The molecule has 272 valence electrons. The monoisotopic (exact) mass is 754 g/mol. The van der Waals surface area contributed by atoms with Crippen LogP contribution in [0.25, 0.3) is 50.3 Å². The third-order valence-electron chi connectivity index (χ3n) is 9.03. The number of ether oxygens (including phenoxy) is 3. The maximum absolute atomic E-state index is 11.6. The maximum atomic E-state index is 11.6. The molecule has 56 heavy (non-hydrogen) atoms. The predicted molar refractivity (Wildman–Crippen MR) is 214 cm³/mol. The summed E-state index contributed by atoms with van der Waals surface area (Å²) in [6.45, 7) is 0. The molecule has 2 heterocycles. The number of rotatable bonds is 10. The van der Waals surface area contributed by atoms with Gasteiger partial charge in [-0.3, -0.25) is 4.55 Å². The Morgan fingerprint density at radius 1 is 0.464 bits per heavy atom. The first-order valence-corrected chi connectivity index (χ1v) is 19.0. The van der Waals surface area contributed by atoms with Gasteiger partial charge in [0.25, 0.3) is 10.1 Å². The fourth-order valence-electron chi connectivity index (χ4n) is 6.47. The van der Waals surface area contributed by atoms with Gasteiger partial charge in [0.1, 0.15) is 23.0 Å². The van der Waals surface area contributed by atoms with Crippen molar-refractivity contribution in [2.75, 3.05) is 0 Å². The van der Waals surface area contributed by atoms with E-state index in [1.807, 2.05) is 152 Å². The average molecular weight is 755 g/mol. The van der Waals surface area contributed by atoms with Gasteiger partial charge in [0.2, 0.25) is 0 Å². The number of nitrogens with zero attached hydrogens (tertiary/aromatic N) is 4. The zero-order valence-electron chi connectivity index (χ0n) is 29.4. The molecule has 7 aromatic carbocycles. The molecule has 0 atom stereocenters. The number of hydrogen-bond donors (Lipinski definition) is 1. The van der Waals surface area contributed by atoms with Gasteiger partial charge in [0.05, 0.1) is 21.6 Å². The number of hydrogen-bond acceptors (Lipinski definition) is 8. The molecule has 0 saturated heterocycles. The van der Waals surface area contributed by atoms with E-state index in [9.17, 15) is 13.0 Å². The summed E-state index contributed by atoms with van der Waals surface area (Å²) in [7, 11) is -4.34. The smallest absolute Gasteiger partial charge is 0.326 e.